The Kier molecular flexibility index (Phi) is 7.16. The smallest absolute Gasteiger partial charge is 0.339 e. The zero-order valence-corrected chi connectivity index (χ0v) is 15.3. The van der Waals surface area contributed by atoms with Crippen molar-refractivity contribution in [3.05, 3.63) is 22.5 Å². The molecule has 134 valence electrons. The van der Waals surface area contributed by atoms with Crippen LogP contribution in [0.5, 0.6) is 0 Å². The molecule has 0 atom stereocenters. The summed E-state index contributed by atoms with van der Waals surface area (Å²) in [4.78, 5) is 40.9. The molecule has 0 saturated carbocycles. The number of aromatic nitrogens is 1. The molecule has 1 aromatic rings. The van der Waals surface area contributed by atoms with Gasteiger partial charge < -0.3 is 15.0 Å². The number of aromatic amines is 1. The van der Waals surface area contributed by atoms with Gasteiger partial charge in [-0.2, -0.15) is 0 Å². The topological polar surface area (TPSA) is 91.5 Å². The van der Waals surface area contributed by atoms with E-state index in [4.69, 9.17) is 4.74 Å². The summed E-state index contributed by atoms with van der Waals surface area (Å²) in [6.07, 6.45) is 0. The number of amides is 1. The summed E-state index contributed by atoms with van der Waals surface area (Å²) in [7, 11) is 1.31. The summed E-state index contributed by atoms with van der Waals surface area (Å²) in [6, 6.07) is 0.0582. The van der Waals surface area contributed by atoms with E-state index in [-0.39, 0.29) is 30.8 Å². The maximum Gasteiger partial charge on any atom is 0.339 e. The SMILES string of the molecule is CCN(CC(=O)NC(C)C)CC(=O)c1[nH]c(C)c(C(=O)OC)c1C. The van der Waals surface area contributed by atoms with Gasteiger partial charge in [-0.15, -0.1) is 0 Å². The molecule has 0 bridgehead atoms. The molecule has 7 heteroatoms. The average molecular weight is 337 g/mol. The van der Waals surface area contributed by atoms with Crippen molar-refractivity contribution in [2.24, 2.45) is 0 Å². The summed E-state index contributed by atoms with van der Waals surface area (Å²) < 4.78 is 4.75. The first-order valence-electron chi connectivity index (χ1n) is 8.03. The Morgan fingerprint density at radius 3 is 2.33 bits per heavy atom. The van der Waals surface area contributed by atoms with Crippen LogP contribution in [0.3, 0.4) is 0 Å². The van der Waals surface area contributed by atoms with Gasteiger partial charge in [0.2, 0.25) is 5.91 Å². The molecule has 0 saturated heterocycles. The van der Waals surface area contributed by atoms with Crippen LogP contribution >= 0.6 is 0 Å². The number of ether oxygens (including phenoxy) is 1. The molecule has 0 unspecified atom stereocenters. The number of nitrogens with one attached hydrogen (secondary N) is 2. The summed E-state index contributed by atoms with van der Waals surface area (Å²) in [5, 5.41) is 2.81. The number of carbonyl (C=O) groups excluding carboxylic acids is 3. The van der Waals surface area contributed by atoms with Crippen LogP contribution in [-0.4, -0.2) is 60.3 Å². The molecule has 0 aliphatic carbocycles. The van der Waals surface area contributed by atoms with Crippen molar-refractivity contribution in [1.29, 1.82) is 0 Å². The summed E-state index contributed by atoms with van der Waals surface area (Å²) >= 11 is 0. The Hall–Kier alpha value is -2.15. The number of likely N-dealkylation sites (N-methyl/N-ethyl adjacent to an activating group) is 1. The maximum absolute atomic E-state index is 12.6. The third kappa shape index (κ3) is 4.92. The fraction of sp³-hybridized carbons (Fsp3) is 0.588. The molecule has 0 spiro atoms. The molecule has 7 nitrogen and oxygen atoms in total. The highest BCUT2D eigenvalue weighted by Crippen LogP contribution is 2.19. The number of hydrogen-bond acceptors (Lipinski definition) is 5. The normalized spacial score (nSPS) is 11.0. The number of ketones is 1. The number of H-pyrrole nitrogens is 1. The van der Waals surface area contributed by atoms with Gasteiger partial charge in [-0.05, 0) is 39.8 Å². The second kappa shape index (κ2) is 8.63. The molecule has 1 rings (SSSR count). The van der Waals surface area contributed by atoms with Gasteiger partial charge >= 0.3 is 5.97 Å². The fourth-order valence-electron chi connectivity index (χ4n) is 2.57. The molecule has 0 aliphatic rings. The quantitative estimate of drug-likeness (QED) is 0.553. The van der Waals surface area contributed by atoms with Crippen molar-refractivity contribution < 1.29 is 19.1 Å². The van der Waals surface area contributed by atoms with Crippen molar-refractivity contribution in [2.75, 3.05) is 26.7 Å². The van der Waals surface area contributed by atoms with Crippen LogP contribution in [-0.2, 0) is 9.53 Å². The second-order valence-electron chi connectivity index (χ2n) is 6.07. The Balaban J connectivity index is 2.86. The lowest BCUT2D eigenvalue weighted by Gasteiger charge is -2.19. The Morgan fingerprint density at radius 2 is 1.83 bits per heavy atom. The first-order valence-corrected chi connectivity index (χ1v) is 8.03. The molecule has 1 aromatic heterocycles. The molecular weight excluding hydrogens is 310 g/mol. The van der Waals surface area contributed by atoms with Gasteiger partial charge in [0, 0.05) is 11.7 Å². The zero-order chi connectivity index (χ0) is 18.4. The first kappa shape index (κ1) is 19.9. The predicted octanol–water partition coefficient (Wildman–Crippen LogP) is 1.45. The molecular formula is C17H27N3O4. The minimum absolute atomic E-state index is 0.0582. The number of rotatable bonds is 8. The Morgan fingerprint density at radius 1 is 1.21 bits per heavy atom. The number of hydrogen-bond donors (Lipinski definition) is 2. The van der Waals surface area contributed by atoms with Crippen LogP contribution in [0.25, 0.3) is 0 Å². The van der Waals surface area contributed by atoms with Crippen molar-refractivity contribution in [1.82, 2.24) is 15.2 Å². The van der Waals surface area contributed by atoms with Crippen LogP contribution in [0.4, 0.5) is 0 Å². The Bertz CT molecular complexity index is 620. The second-order valence-corrected chi connectivity index (χ2v) is 6.07. The summed E-state index contributed by atoms with van der Waals surface area (Å²) in [5.74, 6) is -0.747. The monoisotopic (exact) mass is 337 g/mol. The van der Waals surface area contributed by atoms with E-state index in [0.29, 0.717) is 29.1 Å². The molecule has 24 heavy (non-hydrogen) atoms. The molecule has 2 N–H and O–H groups in total. The standard InChI is InChI=1S/C17H27N3O4/c1-7-20(9-14(22)18-10(2)3)8-13(21)16-11(4)15(12(5)19-16)17(23)24-6/h10,19H,7-9H2,1-6H3,(H,18,22). The number of Topliss-reactive ketones (excluding diaryl/α,β-unsaturated/α-hetero) is 1. The number of aryl methyl sites for hydroxylation is 1. The third-order valence-electron chi connectivity index (χ3n) is 3.74. The van der Waals surface area contributed by atoms with E-state index >= 15 is 0 Å². The molecule has 0 radical (unpaired) electrons. The lowest BCUT2D eigenvalue weighted by molar-refractivity contribution is -0.122. The van der Waals surface area contributed by atoms with Crippen LogP contribution in [0.15, 0.2) is 0 Å². The van der Waals surface area contributed by atoms with E-state index in [9.17, 15) is 14.4 Å². The highest BCUT2D eigenvalue weighted by Gasteiger charge is 2.23. The highest BCUT2D eigenvalue weighted by molar-refractivity contribution is 6.02. The predicted molar refractivity (Wildman–Crippen MR) is 91.3 cm³/mol. The lowest BCUT2D eigenvalue weighted by atomic mass is 10.1. The summed E-state index contributed by atoms with van der Waals surface area (Å²) in [6.45, 7) is 9.93. The largest absolute Gasteiger partial charge is 0.465 e. The fourth-order valence-corrected chi connectivity index (χ4v) is 2.57. The van der Waals surface area contributed by atoms with Crippen molar-refractivity contribution in [2.45, 2.75) is 40.7 Å². The molecule has 0 fully saturated rings. The number of carbonyl (C=O) groups is 3. The van der Waals surface area contributed by atoms with E-state index in [2.05, 4.69) is 10.3 Å². The average Bonchev–Trinajstić information content (AvgIpc) is 2.79. The summed E-state index contributed by atoms with van der Waals surface area (Å²) in [5.41, 5.74) is 1.95. The molecule has 1 heterocycles. The van der Waals surface area contributed by atoms with Gasteiger partial charge in [-0.25, -0.2) is 4.79 Å². The number of esters is 1. The van der Waals surface area contributed by atoms with Crippen LogP contribution in [0.2, 0.25) is 0 Å². The van der Waals surface area contributed by atoms with Gasteiger partial charge in [0.1, 0.15) is 0 Å². The first-order chi connectivity index (χ1) is 11.2. The van der Waals surface area contributed by atoms with Gasteiger partial charge in [-0.1, -0.05) is 6.92 Å². The minimum atomic E-state index is -0.469. The molecule has 1 amide bonds. The van der Waals surface area contributed by atoms with E-state index in [1.54, 1.807) is 18.7 Å². The highest BCUT2D eigenvalue weighted by atomic mass is 16.5. The zero-order valence-electron chi connectivity index (χ0n) is 15.3. The van der Waals surface area contributed by atoms with E-state index in [0.717, 1.165) is 0 Å². The van der Waals surface area contributed by atoms with Crippen molar-refractivity contribution in [3.8, 4) is 0 Å². The van der Waals surface area contributed by atoms with Crippen LogP contribution in [0.1, 0.15) is 52.9 Å². The van der Waals surface area contributed by atoms with E-state index in [1.165, 1.54) is 7.11 Å². The van der Waals surface area contributed by atoms with Crippen molar-refractivity contribution in [3.63, 3.8) is 0 Å². The van der Waals surface area contributed by atoms with Crippen LogP contribution < -0.4 is 5.32 Å². The van der Waals surface area contributed by atoms with Gasteiger partial charge in [0.25, 0.3) is 0 Å². The number of methoxy groups -OCH3 is 1. The van der Waals surface area contributed by atoms with Gasteiger partial charge in [0.15, 0.2) is 5.78 Å². The van der Waals surface area contributed by atoms with Gasteiger partial charge in [0.05, 0.1) is 31.5 Å². The molecule has 0 aromatic carbocycles. The molecule has 0 aliphatic heterocycles. The van der Waals surface area contributed by atoms with Gasteiger partial charge in [-0.3, -0.25) is 14.5 Å². The maximum atomic E-state index is 12.6. The Labute approximate surface area is 142 Å². The lowest BCUT2D eigenvalue weighted by Crippen LogP contribution is -2.42. The van der Waals surface area contributed by atoms with Crippen LogP contribution in [0, 0.1) is 13.8 Å². The van der Waals surface area contributed by atoms with E-state index < -0.39 is 5.97 Å². The third-order valence-corrected chi connectivity index (χ3v) is 3.74. The van der Waals surface area contributed by atoms with Crippen molar-refractivity contribution >= 4 is 17.7 Å². The minimum Gasteiger partial charge on any atom is -0.465 e. The number of nitrogens with zero attached hydrogens (tertiary/aromatic N) is 1. The van der Waals surface area contributed by atoms with E-state index in [1.807, 2.05) is 20.8 Å².